The van der Waals surface area contributed by atoms with Crippen LogP contribution in [0.3, 0.4) is 0 Å². The van der Waals surface area contributed by atoms with Crippen LogP contribution >= 0.6 is 11.8 Å². The second-order valence-electron chi connectivity index (χ2n) is 2.34. The number of aromatic nitrogens is 1. The molecule has 0 radical (unpaired) electrons. The van der Waals surface area contributed by atoms with Gasteiger partial charge in [0.05, 0.1) is 4.91 Å². The van der Waals surface area contributed by atoms with Crippen molar-refractivity contribution >= 4 is 24.2 Å². The summed E-state index contributed by atoms with van der Waals surface area (Å²) in [5.41, 5.74) is 1.25. The van der Waals surface area contributed by atoms with Crippen molar-refractivity contribution in [1.82, 2.24) is 4.57 Å². The second kappa shape index (κ2) is 2.58. The Morgan fingerprint density at radius 1 is 1.64 bits per heavy atom. The summed E-state index contributed by atoms with van der Waals surface area (Å²) in [6.07, 6.45) is 4.71. The van der Waals surface area contributed by atoms with Gasteiger partial charge < -0.3 is 4.57 Å². The van der Waals surface area contributed by atoms with Crippen LogP contribution in [0.5, 0.6) is 0 Å². The predicted octanol–water partition coefficient (Wildman–Crippen LogP) is 1.73. The molecular formula is C8H7NOS. The van der Waals surface area contributed by atoms with Crippen molar-refractivity contribution in [3.63, 3.8) is 0 Å². The number of carbonyl (C=O) groups is 1. The van der Waals surface area contributed by atoms with Crippen molar-refractivity contribution in [3.05, 3.63) is 28.9 Å². The summed E-state index contributed by atoms with van der Waals surface area (Å²) < 4.78 is 1.99. The van der Waals surface area contributed by atoms with E-state index in [0.29, 0.717) is 0 Å². The van der Waals surface area contributed by atoms with E-state index < -0.39 is 0 Å². The van der Waals surface area contributed by atoms with E-state index in [4.69, 9.17) is 0 Å². The van der Waals surface area contributed by atoms with E-state index in [1.54, 1.807) is 11.8 Å². The molecule has 3 heteroatoms. The Kier molecular flexibility index (Phi) is 1.58. The average Bonchev–Trinajstić information content (AvgIpc) is 2.50. The Labute approximate surface area is 68.9 Å². The first-order chi connectivity index (χ1) is 5.40. The summed E-state index contributed by atoms with van der Waals surface area (Å²) in [5, 5.41) is 0. The minimum absolute atomic E-state index is 0.800. The van der Waals surface area contributed by atoms with Gasteiger partial charge in [0, 0.05) is 23.8 Å². The number of thioether (sulfide) groups is 1. The molecule has 0 amide bonds. The maximum absolute atomic E-state index is 10.4. The van der Waals surface area contributed by atoms with Gasteiger partial charge in [-0.1, -0.05) is 0 Å². The number of allylic oxidation sites excluding steroid dienone is 1. The molecular weight excluding hydrogens is 158 g/mol. The van der Waals surface area contributed by atoms with E-state index in [0.717, 1.165) is 16.9 Å². The highest BCUT2D eigenvalue weighted by Crippen LogP contribution is 2.25. The van der Waals surface area contributed by atoms with Crippen LogP contribution in [0.1, 0.15) is 5.69 Å². The number of aldehydes is 1. The Morgan fingerprint density at radius 3 is 3.36 bits per heavy atom. The molecule has 0 aromatic carbocycles. The molecule has 11 heavy (non-hydrogen) atoms. The minimum Gasteiger partial charge on any atom is -0.326 e. The van der Waals surface area contributed by atoms with Crippen LogP contribution in [-0.4, -0.2) is 10.9 Å². The fourth-order valence-corrected chi connectivity index (χ4v) is 1.89. The number of hydrogen-bond acceptors (Lipinski definition) is 2. The van der Waals surface area contributed by atoms with E-state index in [2.05, 4.69) is 6.07 Å². The molecule has 1 aromatic heterocycles. The topological polar surface area (TPSA) is 22.0 Å². The lowest BCUT2D eigenvalue weighted by Crippen LogP contribution is -1.99. The number of nitrogens with zero attached hydrogens (tertiary/aromatic N) is 1. The molecule has 2 rings (SSSR count). The van der Waals surface area contributed by atoms with Crippen LogP contribution in [-0.2, 0) is 10.5 Å². The van der Waals surface area contributed by atoms with Gasteiger partial charge in [0.1, 0.15) is 0 Å². The summed E-state index contributed by atoms with van der Waals surface area (Å²) in [6, 6.07) is 4.05. The van der Waals surface area contributed by atoms with Crippen molar-refractivity contribution in [2.24, 2.45) is 0 Å². The summed E-state index contributed by atoms with van der Waals surface area (Å²) in [5.74, 6) is 0.900. The lowest BCUT2D eigenvalue weighted by molar-refractivity contribution is -0.104. The Bertz CT molecular complexity index is 314. The summed E-state index contributed by atoms with van der Waals surface area (Å²) in [6.45, 7) is 0. The molecule has 0 N–H and O–H groups in total. The van der Waals surface area contributed by atoms with E-state index in [-0.39, 0.29) is 0 Å². The van der Waals surface area contributed by atoms with E-state index in [9.17, 15) is 4.79 Å². The highest BCUT2D eigenvalue weighted by molar-refractivity contribution is 8.03. The van der Waals surface area contributed by atoms with Crippen molar-refractivity contribution < 1.29 is 4.79 Å². The lowest BCUT2D eigenvalue weighted by atomic mass is 10.5. The maximum atomic E-state index is 10.4. The zero-order valence-electron chi connectivity index (χ0n) is 5.86. The number of hydrogen-bond donors (Lipinski definition) is 0. The quantitative estimate of drug-likeness (QED) is 0.591. The van der Waals surface area contributed by atoms with Gasteiger partial charge in [0.25, 0.3) is 0 Å². The van der Waals surface area contributed by atoms with Crippen LogP contribution in [0.15, 0.2) is 23.2 Å². The lowest BCUT2D eigenvalue weighted by Gasteiger charge is -2.10. The second-order valence-corrected chi connectivity index (χ2v) is 3.39. The van der Waals surface area contributed by atoms with Gasteiger partial charge in [0.15, 0.2) is 6.29 Å². The predicted molar refractivity (Wildman–Crippen MR) is 46.1 cm³/mol. The highest BCUT2D eigenvalue weighted by atomic mass is 32.2. The monoisotopic (exact) mass is 165 g/mol. The highest BCUT2D eigenvalue weighted by Gasteiger charge is 2.07. The van der Waals surface area contributed by atoms with Gasteiger partial charge in [-0.25, -0.2) is 0 Å². The van der Waals surface area contributed by atoms with Crippen LogP contribution in [0, 0.1) is 0 Å². The molecule has 0 saturated carbocycles. The molecule has 2 nitrogen and oxygen atoms in total. The molecule has 0 fully saturated rings. The van der Waals surface area contributed by atoms with Crippen molar-refractivity contribution in [3.8, 4) is 0 Å². The smallest absolute Gasteiger partial charge is 0.157 e. The molecule has 0 saturated heterocycles. The fraction of sp³-hybridized carbons (Fsp3) is 0.125. The number of fused-ring (bicyclic) bond motifs is 1. The molecule has 0 atom stereocenters. The summed E-state index contributed by atoms with van der Waals surface area (Å²) >= 11 is 1.58. The van der Waals surface area contributed by atoms with Crippen LogP contribution in [0.4, 0.5) is 0 Å². The van der Waals surface area contributed by atoms with Gasteiger partial charge >= 0.3 is 0 Å². The van der Waals surface area contributed by atoms with E-state index >= 15 is 0 Å². The molecule has 2 heterocycles. The summed E-state index contributed by atoms with van der Waals surface area (Å²) in [4.78, 5) is 11.2. The standard InChI is InChI=1S/C8H7NOS/c10-5-8-4-9-3-1-2-7(9)6-11-8/h1-5H,6H2. The normalized spacial score (nSPS) is 15.5. The minimum atomic E-state index is 0.800. The van der Waals surface area contributed by atoms with Gasteiger partial charge in [0.2, 0.25) is 0 Å². The number of rotatable bonds is 1. The van der Waals surface area contributed by atoms with Gasteiger partial charge in [-0.15, -0.1) is 11.8 Å². The Balaban J connectivity index is 2.44. The van der Waals surface area contributed by atoms with Crippen LogP contribution < -0.4 is 0 Å². The van der Waals surface area contributed by atoms with Gasteiger partial charge in [-0.2, -0.15) is 0 Å². The molecule has 0 aliphatic carbocycles. The number of carbonyl (C=O) groups excluding carboxylic acids is 1. The fourth-order valence-electron chi connectivity index (χ4n) is 1.07. The average molecular weight is 165 g/mol. The first-order valence-electron chi connectivity index (χ1n) is 3.35. The van der Waals surface area contributed by atoms with Gasteiger partial charge in [-0.3, -0.25) is 4.79 Å². The zero-order valence-corrected chi connectivity index (χ0v) is 6.67. The molecule has 0 bridgehead atoms. The third-order valence-corrected chi connectivity index (χ3v) is 2.61. The van der Waals surface area contributed by atoms with Crippen molar-refractivity contribution in [1.29, 1.82) is 0 Å². The van der Waals surface area contributed by atoms with Crippen LogP contribution in [0.25, 0.3) is 6.20 Å². The Morgan fingerprint density at radius 2 is 2.55 bits per heavy atom. The largest absolute Gasteiger partial charge is 0.326 e. The molecule has 56 valence electrons. The summed E-state index contributed by atoms with van der Waals surface area (Å²) in [7, 11) is 0. The third-order valence-electron chi connectivity index (χ3n) is 1.64. The molecule has 1 aromatic rings. The zero-order chi connectivity index (χ0) is 7.68. The third kappa shape index (κ3) is 1.12. The van der Waals surface area contributed by atoms with Crippen LogP contribution in [0.2, 0.25) is 0 Å². The molecule has 0 unspecified atom stereocenters. The van der Waals surface area contributed by atoms with Crippen molar-refractivity contribution in [2.45, 2.75) is 5.75 Å². The van der Waals surface area contributed by atoms with E-state index in [1.165, 1.54) is 5.69 Å². The maximum Gasteiger partial charge on any atom is 0.157 e. The molecule has 1 aliphatic rings. The molecule has 1 aliphatic heterocycles. The Hall–Kier alpha value is -0.960. The SMILES string of the molecule is O=CC1=Cn2cccc2CS1. The van der Waals surface area contributed by atoms with Gasteiger partial charge in [-0.05, 0) is 12.1 Å². The first-order valence-corrected chi connectivity index (χ1v) is 4.34. The van der Waals surface area contributed by atoms with Crippen molar-refractivity contribution in [2.75, 3.05) is 0 Å². The first kappa shape index (κ1) is 6.73. The van der Waals surface area contributed by atoms with E-state index in [1.807, 2.05) is 23.0 Å². The molecule has 0 spiro atoms.